The van der Waals surface area contributed by atoms with E-state index in [1.165, 1.54) is 18.2 Å². The number of hydrogen-bond donors (Lipinski definition) is 1. The third kappa shape index (κ3) is 7.44. The highest BCUT2D eigenvalue weighted by Gasteiger charge is 2.16. The van der Waals surface area contributed by atoms with Crippen molar-refractivity contribution in [2.75, 3.05) is 5.73 Å². The summed E-state index contributed by atoms with van der Waals surface area (Å²) in [6.07, 6.45) is 3.47. The topological polar surface area (TPSA) is 129 Å². The molecule has 38 heavy (non-hydrogen) atoms. The number of halogens is 2. The Bertz CT molecular complexity index is 1510. The van der Waals surface area contributed by atoms with Crippen LogP contribution in [-0.4, -0.2) is 26.5 Å². The van der Waals surface area contributed by atoms with Crippen molar-refractivity contribution < 1.29 is 14.5 Å². The monoisotopic (exact) mass is 550 g/mol. The molecule has 0 aliphatic carbocycles. The number of aromatic nitrogens is 2. The molecule has 0 radical (unpaired) electrons. The van der Waals surface area contributed by atoms with Crippen molar-refractivity contribution in [2.45, 2.75) is 26.7 Å². The number of nitro benzene ring substituents is 1. The predicted octanol–water partition coefficient (Wildman–Crippen LogP) is 6.43. The van der Waals surface area contributed by atoms with Gasteiger partial charge >= 0.3 is 0 Å². The molecule has 4 rings (SSSR count). The van der Waals surface area contributed by atoms with Crippen LogP contribution in [0.2, 0.25) is 10.0 Å². The third-order valence-electron chi connectivity index (χ3n) is 5.57. The molecular formula is C28H24Cl2N4O4. The van der Waals surface area contributed by atoms with Crippen molar-refractivity contribution in [1.29, 1.82) is 0 Å². The fraction of sp³-hybridized carbons (Fsp3) is 0.143. The van der Waals surface area contributed by atoms with Gasteiger partial charge in [-0.3, -0.25) is 29.7 Å². The summed E-state index contributed by atoms with van der Waals surface area (Å²) in [5, 5.41) is 11.3. The van der Waals surface area contributed by atoms with E-state index in [2.05, 4.69) is 9.97 Å². The number of nitrogens with two attached hydrogens (primary N) is 1. The number of hydrogen-bond acceptors (Lipinski definition) is 7. The highest BCUT2D eigenvalue weighted by atomic mass is 35.5. The van der Waals surface area contributed by atoms with E-state index in [9.17, 15) is 19.7 Å². The molecule has 0 saturated heterocycles. The number of aryl methyl sites for hydroxylation is 2. The van der Waals surface area contributed by atoms with Crippen molar-refractivity contribution in [3.8, 4) is 0 Å². The van der Waals surface area contributed by atoms with Crippen LogP contribution in [-0.2, 0) is 12.8 Å². The van der Waals surface area contributed by atoms with Crippen LogP contribution >= 0.6 is 23.2 Å². The summed E-state index contributed by atoms with van der Waals surface area (Å²) in [6, 6.07) is 16.5. The first-order valence-electron chi connectivity index (χ1n) is 11.4. The Morgan fingerprint density at radius 1 is 0.816 bits per heavy atom. The van der Waals surface area contributed by atoms with E-state index in [0.29, 0.717) is 27.7 Å². The Morgan fingerprint density at radius 3 is 1.71 bits per heavy atom. The quantitative estimate of drug-likeness (QED) is 0.121. The number of ketones is 2. The Kier molecular flexibility index (Phi) is 9.65. The average molecular weight is 551 g/mol. The number of nitrogens with zero attached hydrogens (tertiary/aromatic N) is 3. The maximum absolute atomic E-state index is 12.2. The summed E-state index contributed by atoms with van der Waals surface area (Å²) >= 11 is 12.0. The molecule has 0 aliphatic rings. The first-order valence-corrected chi connectivity index (χ1v) is 12.2. The average Bonchev–Trinajstić information content (AvgIpc) is 2.87. The molecule has 0 fully saturated rings. The molecule has 2 heterocycles. The van der Waals surface area contributed by atoms with Gasteiger partial charge in [-0.25, -0.2) is 0 Å². The van der Waals surface area contributed by atoms with Crippen molar-refractivity contribution in [2.24, 2.45) is 0 Å². The van der Waals surface area contributed by atoms with Gasteiger partial charge in [0.05, 0.1) is 9.95 Å². The molecule has 0 amide bonds. The number of carbonyl (C=O) groups excluding carboxylic acids is 2. The van der Waals surface area contributed by atoms with Crippen molar-refractivity contribution in [3.05, 3.63) is 127 Å². The summed E-state index contributed by atoms with van der Waals surface area (Å²) in [5.41, 5.74) is 9.95. The van der Waals surface area contributed by atoms with Crippen LogP contribution in [0.4, 0.5) is 11.4 Å². The number of carbonyl (C=O) groups is 2. The number of nitrogen functional groups attached to an aromatic ring is 1. The minimum Gasteiger partial charge on any atom is -0.399 e. The molecule has 0 saturated carbocycles. The Hall–Kier alpha value is -4.14. The maximum Gasteiger partial charge on any atom is 0.270 e. The van der Waals surface area contributed by atoms with Crippen LogP contribution in [0.15, 0.2) is 73.1 Å². The predicted molar refractivity (Wildman–Crippen MR) is 148 cm³/mol. The molecule has 0 aliphatic heterocycles. The zero-order valence-electron chi connectivity index (χ0n) is 20.7. The normalized spacial score (nSPS) is 10.3. The lowest BCUT2D eigenvalue weighted by Gasteiger charge is -2.06. The van der Waals surface area contributed by atoms with E-state index in [1.807, 2.05) is 19.1 Å². The van der Waals surface area contributed by atoms with Gasteiger partial charge in [-0.15, -0.1) is 0 Å². The molecule has 2 aromatic carbocycles. The summed E-state index contributed by atoms with van der Waals surface area (Å²) in [7, 11) is 0. The van der Waals surface area contributed by atoms with Gasteiger partial charge in [0.1, 0.15) is 11.4 Å². The van der Waals surface area contributed by atoms with E-state index < -0.39 is 4.92 Å². The van der Waals surface area contributed by atoms with Crippen molar-refractivity contribution in [1.82, 2.24) is 9.97 Å². The molecule has 0 unspecified atom stereocenters. The van der Waals surface area contributed by atoms with E-state index in [-0.39, 0.29) is 35.1 Å². The van der Waals surface area contributed by atoms with Gasteiger partial charge in [0.15, 0.2) is 11.6 Å². The second-order valence-corrected chi connectivity index (χ2v) is 9.24. The highest BCUT2D eigenvalue weighted by Crippen LogP contribution is 2.24. The molecule has 0 spiro atoms. The zero-order chi connectivity index (χ0) is 27.8. The van der Waals surface area contributed by atoms with Gasteiger partial charge in [0.2, 0.25) is 0 Å². The summed E-state index contributed by atoms with van der Waals surface area (Å²) in [6.45, 7) is 3.67. The number of rotatable bonds is 7. The first kappa shape index (κ1) is 28.4. The smallest absolute Gasteiger partial charge is 0.270 e. The van der Waals surface area contributed by atoms with E-state index in [0.717, 1.165) is 16.7 Å². The number of Topliss-reactive ketones (excluding diaryl/α,β-unsaturated/α-hetero) is 2. The van der Waals surface area contributed by atoms with Gasteiger partial charge in [-0.1, -0.05) is 47.5 Å². The lowest BCUT2D eigenvalue weighted by atomic mass is 10.0. The van der Waals surface area contributed by atoms with Crippen molar-refractivity contribution in [3.63, 3.8) is 0 Å². The van der Waals surface area contributed by atoms with Crippen LogP contribution in [0, 0.1) is 24.0 Å². The molecule has 0 atom stereocenters. The second kappa shape index (κ2) is 12.9. The first-order chi connectivity index (χ1) is 18.1. The van der Waals surface area contributed by atoms with Crippen LogP contribution < -0.4 is 5.73 Å². The Balaban J connectivity index is 0.000000212. The van der Waals surface area contributed by atoms with Gasteiger partial charge in [-0.2, -0.15) is 0 Å². The fourth-order valence-corrected chi connectivity index (χ4v) is 4.07. The van der Waals surface area contributed by atoms with E-state index in [4.69, 9.17) is 28.9 Å². The standard InChI is InChI=1S/C14H11ClN2O3.C14H13ClN2O/c1-9-3-2-6-16-14(9)13(18)7-10-4-5-11(17(19)20)8-12(10)15;1-9-3-2-6-17-14(9)13(18)7-10-4-5-11(16)8-12(10)15/h2-6,8H,7H2,1H3;2-6,8H,7,16H2,1H3. The fourth-order valence-electron chi connectivity index (χ4n) is 3.57. The van der Waals surface area contributed by atoms with Crippen LogP contribution in [0.3, 0.4) is 0 Å². The van der Waals surface area contributed by atoms with Gasteiger partial charge in [0.25, 0.3) is 5.69 Å². The molecule has 194 valence electrons. The minimum absolute atomic E-state index is 0.0419. The zero-order valence-corrected chi connectivity index (χ0v) is 22.2. The van der Waals surface area contributed by atoms with Crippen molar-refractivity contribution >= 4 is 46.1 Å². The molecule has 2 aromatic heterocycles. The molecule has 10 heteroatoms. The number of nitro groups is 1. The van der Waals surface area contributed by atoms with E-state index >= 15 is 0 Å². The lowest BCUT2D eigenvalue weighted by molar-refractivity contribution is -0.384. The highest BCUT2D eigenvalue weighted by molar-refractivity contribution is 6.32. The molecule has 0 bridgehead atoms. The number of non-ortho nitro benzene ring substituents is 1. The van der Waals surface area contributed by atoms with Gasteiger partial charge in [0, 0.05) is 48.1 Å². The van der Waals surface area contributed by atoms with Gasteiger partial charge < -0.3 is 5.73 Å². The molecular weight excluding hydrogens is 527 g/mol. The molecule has 8 nitrogen and oxygen atoms in total. The Labute approximate surface area is 229 Å². The SMILES string of the molecule is Cc1cccnc1C(=O)Cc1ccc(N)cc1Cl.Cc1cccnc1C(=O)Cc1ccc([N+](=O)[O-])cc1Cl. The number of pyridine rings is 2. The van der Waals surface area contributed by atoms with Crippen LogP contribution in [0.1, 0.15) is 43.2 Å². The molecule has 2 N–H and O–H groups in total. The summed E-state index contributed by atoms with van der Waals surface area (Å²) in [5.74, 6) is -0.210. The van der Waals surface area contributed by atoms with Crippen LogP contribution in [0.5, 0.6) is 0 Å². The minimum atomic E-state index is -0.527. The third-order valence-corrected chi connectivity index (χ3v) is 6.28. The lowest BCUT2D eigenvalue weighted by Crippen LogP contribution is -2.08. The largest absolute Gasteiger partial charge is 0.399 e. The Morgan fingerprint density at radius 2 is 1.29 bits per heavy atom. The van der Waals surface area contributed by atoms with Gasteiger partial charge in [-0.05, 0) is 60.4 Å². The number of benzene rings is 2. The number of anilines is 1. The maximum atomic E-state index is 12.2. The summed E-state index contributed by atoms with van der Waals surface area (Å²) in [4.78, 5) is 42.5. The molecule has 4 aromatic rings. The van der Waals surface area contributed by atoms with Crippen LogP contribution in [0.25, 0.3) is 0 Å². The summed E-state index contributed by atoms with van der Waals surface area (Å²) < 4.78 is 0. The van der Waals surface area contributed by atoms with E-state index in [1.54, 1.807) is 49.6 Å². The second-order valence-electron chi connectivity index (χ2n) is 8.42.